The lowest BCUT2D eigenvalue weighted by Crippen LogP contribution is -2.39. The summed E-state index contributed by atoms with van der Waals surface area (Å²) < 4.78 is 0. The van der Waals surface area contributed by atoms with Crippen molar-refractivity contribution in [3.63, 3.8) is 0 Å². The Morgan fingerprint density at radius 2 is 2.00 bits per heavy atom. The quantitative estimate of drug-likeness (QED) is 0.777. The molecule has 2 aromatic heterocycles. The van der Waals surface area contributed by atoms with Gasteiger partial charge in [-0.3, -0.25) is 10.2 Å². The van der Waals surface area contributed by atoms with Crippen LogP contribution in [-0.4, -0.2) is 49.9 Å². The molecule has 0 spiro atoms. The van der Waals surface area contributed by atoms with Crippen LogP contribution < -0.4 is 5.32 Å². The number of aromatic nitrogens is 5. The average molecular weight is 305 g/mol. The molecule has 0 aromatic carbocycles. The maximum atomic E-state index is 12.2. The van der Waals surface area contributed by atoms with E-state index >= 15 is 0 Å². The van der Waals surface area contributed by atoms with Gasteiger partial charge in [-0.05, 0) is 39.7 Å². The van der Waals surface area contributed by atoms with E-state index in [1.165, 1.54) is 0 Å². The molecule has 22 heavy (non-hydrogen) atoms. The van der Waals surface area contributed by atoms with Crippen molar-refractivity contribution >= 4 is 6.03 Å². The van der Waals surface area contributed by atoms with Crippen molar-refractivity contribution in [2.24, 2.45) is 0 Å². The summed E-state index contributed by atoms with van der Waals surface area (Å²) in [4.78, 5) is 18.1. The third-order valence-corrected chi connectivity index (χ3v) is 3.67. The van der Waals surface area contributed by atoms with E-state index in [9.17, 15) is 4.79 Å². The maximum absolute atomic E-state index is 12.2. The Hall–Kier alpha value is -2.38. The van der Waals surface area contributed by atoms with E-state index in [1.54, 1.807) is 11.9 Å². The van der Waals surface area contributed by atoms with Gasteiger partial charge in [-0.25, -0.2) is 9.78 Å². The van der Waals surface area contributed by atoms with Crippen LogP contribution >= 0.6 is 0 Å². The molecule has 0 aliphatic heterocycles. The third-order valence-electron chi connectivity index (χ3n) is 3.67. The number of carbonyl (C=O) groups excluding carboxylic acids is 1. The first-order valence-electron chi connectivity index (χ1n) is 7.29. The zero-order valence-electron chi connectivity index (χ0n) is 13.7. The van der Waals surface area contributed by atoms with Crippen molar-refractivity contribution < 1.29 is 4.79 Å². The number of amides is 2. The summed E-state index contributed by atoms with van der Waals surface area (Å²) in [6.45, 7) is 8.26. The number of urea groups is 1. The molecule has 2 aromatic rings. The molecular weight excluding hydrogens is 282 g/mol. The van der Waals surface area contributed by atoms with Gasteiger partial charge in [0.25, 0.3) is 0 Å². The van der Waals surface area contributed by atoms with Gasteiger partial charge in [0.1, 0.15) is 5.82 Å². The fourth-order valence-electron chi connectivity index (χ4n) is 2.24. The van der Waals surface area contributed by atoms with Crippen molar-refractivity contribution in [1.82, 2.24) is 35.6 Å². The Morgan fingerprint density at radius 1 is 1.27 bits per heavy atom. The number of nitrogens with one attached hydrogen (secondary N) is 3. The summed E-state index contributed by atoms with van der Waals surface area (Å²) in [6, 6.07) is -0.383. The second-order valence-electron chi connectivity index (χ2n) is 5.53. The Labute approximate surface area is 129 Å². The second-order valence-corrected chi connectivity index (χ2v) is 5.53. The number of nitrogens with zero attached hydrogens (tertiary/aromatic N) is 4. The van der Waals surface area contributed by atoms with Crippen molar-refractivity contribution in [2.75, 3.05) is 13.6 Å². The van der Waals surface area contributed by atoms with Crippen LogP contribution in [0.1, 0.15) is 41.6 Å². The van der Waals surface area contributed by atoms with Crippen molar-refractivity contribution in [1.29, 1.82) is 0 Å². The minimum absolute atomic E-state index is 0.145. The smallest absolute Gasteiger partial charge is 0.317 e. The molecule has 0 saturated carbocycles. The number of aromatic amines is 2. The minimum Gasteiger partial charge on any atom is -0.328 e. The number of hydrogen-bond donors (Lipinski definition) is 3. The van der Waals surface area contributed by atoms with Gasteiger partial charge in [0.15, 0.2) is 5.82 Å². The minimum atomic E-state index is -0.239. The van der Waals surface area contributed by atoms with Gasteiger partial charge in [0.2, 0.25) is 0 Å². The van der Waals surface area contributed by atoms with Crippen molar-refractivity contribution in [3.8, 4) is 0 Å². The van der Waals surface area contributed by atoms with Crippen LogP contribution in [0.5, 0.6) is 0 Å². The van der Waals surface area contributed by atoms with E-state index < -0.39 is 0 Å². The highest BCUT2D eigenvalue weighted by Crippen LogP contribution is 2.11. The molecule has 1 atom stereocenters. The number of carbonyl (C=O) groups is 1. The summed E-state index contributed by atoms with van der Waals surface area (Å²) in [5, 5.41) is 16.8. The Kier molecular flexibility index (Phi) is 4.79. The standard InChI is InChI=1S/C14H23N7O/c1-8-12(9(2)18-17-8)6-7-21(5)14(22)15-10(3)13-16-11(4)19-20-13/h10H,6-7H2,1-5H3,(H,15,22)(H,17,18)(H,16,19,20)/t10-/m0/s1. The maximum Gasteiger partial charge on any atom is 0.317 e. The van der Waals surface area contributed by atoms with E-state index in [1.807, 2.05) is 27.7 Å². The molecule has 2 heterocycles. The van der Waals surface area contributed by atoms with Crippen LogP contribution in [0.4, 0.5) is 4.79 Å². The number of aryl methyl sites for hydroxylation is 3. The van der Waals surface area contributed by atoms with Gasteiger partial charge in [0, 0.05) is 19.3 Å². The molecule has 0 fully saturated rings. The van der Waals surface area contributed by atoms with E-state index in [-0.39, 0.29) is 12.1 Å². The highest BCUT2D eigenvalue weighted by atomic mass is 16.2. The Balaban J connectivity index is 1.87. The molecule has 120 valence electrons. The summed E-state index contributed by atoms with van der Waals surface area (Å²) in [5.41, 5.74) is 3.20. The molecule has 0 aliphatic carbocycles. The van der Waals surface area contributed by atoms with Gasteiger partial charge in [0.05, 0.1) is 11.7 Å². The third kappa shape index (κ3) is 3.63. The number of likely N-dealkylation sites (N-methyl/N-ethyl adjacent to an activating group) is 1. The molecule has 8 nitrogen and oxygen atoms in total. The van der Waals surface area contributed by atoms with Gasteiger partial charge < -0.3 is 10.2 Å². The van der Waals surface area contributed by atoms with Crippen molar-refractivity contribution in [2.45, 2.75) is 40.2 Å². The molecule has 0 aliphatic rings. The molecule has 8 heteroatoms. The molecule has 3 N–H and O–H groups in total. The van der Waals surface area contributed by atoms with Gasteiger partial charge >= 0.3 is 6.03 Å². The summed E-state index contributed by atoms with van der Waals surface area (Å²) in [7, 11) is 1.77. The van der Waals surface area contributed by atoms with Crippen LogP contribution in [0.15, 0.2) is 0 Å². The molecule has 0 bridgehead atoms. The van der Waals surface area contributed by atoms with Crippen molar-refractivity contribution in [3.05, 3.63) is 28.6 Å². The van der Waals surface area contributed by atoms with Crippen LogP contribution in [-0.2, 0) is 6.42 Å². The molecule has 2 amide bonds. The van der Waals surface area contributed by atoms with E-state index in [4.69, 9.17) is 0 Å². The van der Waals surface area contributed by atoms with Gasteiger partial charge in [-0.15, -0.1) is 0 Å². The summed E-state index contributed by atoms with van der Waals surface area (Å²) >= 11 is 0. The topological polar surface area (TPSA) is 103 Å². The van der Waals surface area contributed by atoms with Crippen LogP contribution in [0, 0.1) is 20.8 Å². The second kappa shape index (κ2) is 6.59. The largest absolute Gasteiger partial charge is 0.328 e. The van der Waals surface area contributed by atoms with E-state index in [2.05, 4.69) is 30.7 Å². The fourth-order valence-corrected chi connectivity index (χ4v) is 2.24. The van der Waals surface area contributed by atoms with Crippen LogP contribution in [0.25, 0.3) is 0 Å². The number of rotatable bonds is 5. The molecule has 0 unspecified atom stereocenters. The first kappa shape index (κ1) is 16.0. The summed E-state index contributed by atoms with van der Waals surface area (Å²) in [5.74, 6) is 1.32. The lowest BCUT2D eigenvalue weighted by molar-refractivity contribution is 0.205. The Morgan fingerprint density at radius 3 is 2.55 bits per heavy atom. The normalized spacial score (nSPS) is 12.2. The number of H-pyrrole nitrogens is 2. The first-order valence-corrected chi connectivity index (χ1v) is 7.29. The Bertz CT molecular complexity index is 626. The van der Waals surface area contributed by atoms with Crippen LogP contribution in [0.3, 0.4) is 0 Å². The zero-order valence-corrected chi connectivity index (χ0v) is 13.7. The number of hydrogen-bond acceptors (Lipinski definition) is 4. The van der Waals surface area contributed by atoms with Crippen LogP contribution in [0.2, 0.25) is 0 Å². The molecule has 0 radical (unpaired) electrons. The fraction of sp³-hybridized carbons (Fsp3) is 0.571. The van der Waals surface area contributed by atoms with Gasteiger partial charge in [-0.2, -0.15) is 10.2 Å². The van der Waals surface area contributed by atoms with E-state index in [0.29, 0.717) is 12.4 Å². The molecule has 0 saturated heterocycles. The first-order chi connectivity index (χ1) is 10.4. The van der Waals surface area contributed by atoms with Gasteiger partial charge in [-0.1, -0.05) is 0 Å². The predicted octanol–water partition coefficient (Wildman–Crippen LogP) is 1.40. The van der Waals surface area contributed by atoms with E-state index in [0.717, 1.165) is 29.2 Å². The lowest BCUT2D eigenvalue weighted by Gasteiger charge is -2.20. The monoisotopic (exact) mass is 305 g/mol. The SMILES string of the molecule is Cc1nc([C@H](C)NC(=O)N(C)CCc2c(C)n[nH]c2C)n[nH]1. The molecule has 2 rings (SSSR count). The molecular formula is C14H23N7O. The highest BCUT2D eigenvalue weighted by molar-refractivity contribution is 5.74. The highest BCUT2D eigenvalue weighted by Gasteiger charge is 2.17. The predicted molar refractivity (Wildman–Crippen MR) is 82.5 cm³/mol. The summed E-state index contributed by atoms with van der Waals surface area (Å²) in [6.07, 6.45) is 0.770. The zero-order chi connectivity index (χ0) is 16.3. The lowest BCUT2D eigenvalue weighted by atomic mass is 10.1. The average Bonchev–Trinajstić information content (AvgIpc) is 3.03.